The van der Waals surface area contributed by atoms with Crippen LogP contribution in [0.25, 0.3) is 0 Å². The van der Waals surface area contributed by atoms with E-state index in [0.29, 0.717) is 0 Å². The number of nitrogens with zero attached hydrogens (tertiary/aromatic N) is 3. The number of hydrogen-bond acceptors (Lipinski definition) is 4. The quantitative estimate of drug-likeness (QED) is 0.828. The van der Waals surface area contributed by atoms with E-state index >= 15 is 0 Å². The maximum Gasteiger partial charge on any atom is 0.120 e. The van der Waals surface area contributed by atoms with Crippen molar-refractivity contribution in [1.29, 1.82) is 0 Å². The Morgan fingerprint density at radius 2 is 2.25 bits per heavy atom. The fraction of sp³-hybridized carbons (Fsp3) is 0.273. The molecule has 2 rings (SSSR count). The summed E-state index contributed by atoms with van der Waals surface area (Å²) in [6.45, 7) is 1.87. The van der Waals surface area contributed by atoms with Gasteiger partial charge in [0.1, 0.15) is 10.8 Å². The Bertz CT molecular complexity index is 475. The predicted octanol–water partition coefficient (Wildman–Crippen LogP) is 2.12. The first-order valence-electron chi connectivity index (χ1n) is 4.92. The lowest BCUT2D eigenvalue weighted by Gasteiger charge is -2.03. The van der Waals surface area contributed by atoms with Gasteiger partial charge in [-0.1, -0.05) is 11.8 Å². The molecule has 0 amide bonds. The van der Waals surface area contributed by atoms with Crippen molar-refractivity contribution < 1.29 is 5.11 Å². The number of thioether (sulfide) groups is 1. The monoisotopic (exact) mass is 235 g/mol. The Hall–Kier alpha value is -1.49. The van der Waals surface area contributed by atoms with Crippen LogP contribution < -0.4 is 0 Å². The van der Waals surface area contributed by atoms with Gasteiger partial charge in [-0.3, -0.25) is 4.68 Å². The summed E-state index contributed by atoms with van der Waals surface area (Å²) in [4.78, 5) is 4.34. The number of aromatic hydroxyl groups is 1. The Balaban J connectivity index is 2.07. The molecular weight excluding hydrogens is 222 g/mol. The van der Waals surface area contributed by atoms with Gasteiger partial charge >= 0.3 is 0 Å². The highest BCUT2D eigenvalue weighted by molar-refractivity contribution is 7.98. The zero-order valence-corrected chi connectivity index (χ0v) is 10.0. The van der Waals surface area contributed by atoms with E-state index in [2.05, 4.69) is 10.1 Å². The molecule has 0 fully saturated rings. The largest absolute Gasteiger partial charge is 0.508 e. The van der Waals surface area contributed by atoms with E-state index in [4.69, 9.17) is 0 Å². The number of pyridine rings is 1. The predicted molar refractivity (Wildman–Crippen MR) is 63.4 cm³/mol. The summed E-state index contributed by atoms with van der Waals surface area (Å²) >= 11 is 1.59. The summed E-state index contributed by atoms with van der Waals surface area (Å²) in [5, 5.41) is 14.4. The Morgan fingerprint density at radius 3 is 2.88 bits per heavy atom. The van der Waals surface area contributed by atoms with E-state index in [1.807, 2.05) is 24.7 Å². The SMILES string of the molecule is Cc1cc(O)cc(SCc2ccnn2C)n1. The molecule has 0 aliphatic heterocycles. The third-order valence-electron chi connectivity index (χ3n) is 2.21. The van der Waals surface area contributed by atoms with Crippen LogP contribution >= 0.6 is 11.8 Å². The van der Waals surface area contributed by atoms with Crippen LogP contribution in [0.1, 0.15) is 11.4 Å². The summed E-state index contributed by atoms with van der Waals surface area (Å²) in [5.74, 6) is 1.06. The Labute approximate surface area is 98.3 Å². The molecule has 0 saturated heterocycles. The minimum absolute atomic E-state index is 0.264. The first-order chi connectivity index (χ1) is 7.65. The van der Waals surface area contributed by atoms with E-state index in [0.717, 1.165) is 22.2 Å². The second kappa shape index (κ2) is 4.57. The third kappa shape index (κ3) is 2.55. The summed E-state index contributed by atoms with van der Waals surface area (Å²) in [7, 11) is 1.91. The van der Waals surface area contributed by atoms with E-state index in [1.54, 1.807) is 30.1 Å². The lowest BCUT2D eigenvalue weighted by atomic mass is 10.4. The zero-order chi connectivity index (χ0) is 11.5. The van der Waals surface area contributed by atoms with Crippen molar-refractivity contribution in [3.05, 3.63) is 35.8 Å². The third-order valence-corrected chi connectivity index (χ3v) is 3.15. The molecular formula is C11H13N3OS. The van der Waals surface area contributed by atoms with Crippen LogP contribution in [-0.4, -0.2) is 19.9 Å². The van der Waals surface area contributed by atoms with Crippen LogP contribution in [0.3, 0.4) is 0 Å². The first-order valence-corrected chi connectivity index (χ1v) is 5.91. The number of aryl methyl sites for hydroxylation is 2. The van der Waals surface area contributed by atoms with Crippen LogP contribution in [0.15, 0.2) is 29.4 Å². The Kier molecular flexibility index (Phi) is 3.14. The number of aromatic nitrogens is 3. The molecule has 0 atom stereocenters. The molecule has 1 N–H and O–H groups in total. The molecule has 0 spiro atoms. The van der Waals surface area contributed by atoms with E-state index in [-0.39, 0.29) is 5.75 Å². The van der Waals surface area contributed by atoms with Crippen LogP contribution in [0.5, 0.6) is 5.75 Å². The lowest BCUT2D eigenvalue weighted by Crippen LogP contribution is -1.96. The number of hydrogen-bond donors (Lipinski definition) is 1. The molecule has 2 aromatic rings. The molecule has 84 valence electrons. The van der Waals surface area contributed by atoms with E-state index in [9.17, 15) is 5.11 Å². The second-order valence-corrected chi connectivity index (χ2v) is 4.54. The van der Waals surface area contributed by atoms with Gasteiger partial charge in [0.25, 0.3) is 0 Å². The van der Waals surface area contributed by atoms with Crippen molar-refractivity contribution in [3.63, 3.8) is 0 Å². The summed E-state index contributed by atoms with van der Waals surface area (Å²) in [6, 6.07) is 5.30. The summed E-state index contributed by atoms with van der Waals surface area (Å²) < 4.78 is 1.84. The minimum Gasteiger partial charge on any atom is -0.508 e. The maximum absolute atomic E-state index is 9.43. The van der Waals surface area contributed by atoms with E-state index in [1.165, 1.54) is 0 Å². The molecule has 0 bridgehead atoms. The minimum atomic E-state index is 0.264. The van der Waals surface area contributed by atoms with Gasteiger partial charge in [0, 0.05) is 42.5 Å². The van der Waals surface area contributed by atoms with Crippen molar-refractivity contribution in [2.75, 3.05) is 0 Å². The first kappa shape index (κ1) is 11.0. The van der Waals surface area contributed by atoms with Crippen molar-refractivity contribution in [2.45, 2.75) is 17.7 Å². The van der Waals surface area contributed by atoms with Crippen molar-refractivity contribution in [1.82, 2.24) is 14.8 Å². The summed E-state index contributed by atoms with van der Waals surface area (Å²) in [5.41, 5.74) is 1.96. The molecule has 0 unspecified atom stereocenters. The molecule has 4 nitrogen and oxygen atoms in total. The normalized spacial score (nSPS) is 10.6. The molecule has 5 heteroatoms. The van der Waals surface area contributed by atoms with Gasteiger partial charge in [-0.2, -0.15) is 5.10 Å². The Morgan fingerprint density at radius 1 is 1.44 bits per heavy atom. The van der Waals surface area contributed by atoms with Crippen molar-refractivity contribution >= 4 is 11.8 Å². The molecule has 2 heterocycles. The lowest BCUT2D eigenvalue weighted by molar-refractivity contribution is 0.471. The summed E-state index contributed by atoms with van der Waals surface area (Å²) in [6.07, 6.45) is 1.77. The smallest absolute Gasteiger partial charge is 0.120 e. The van der Waals surface area contributed by atoms with Crippen LogP contribution in [0.2, 0.25) is 0 Å². The zero-order valence-electron chi connectivity index (χ0n) is 9.21. The van der Waals surface area contributed by atoms with Crippen LogP contribution in [-0.2, 0) is 12.8 Å². The van der Waals surface area contributed by atoms with Gasteiger partial charge in [0.15, 0.2) is 0 Å². The molecule has 0 aromatic carbocycles. The topological polar surface area (TPSA) is 50.9 Å². The van der Waals surface area contributed by atoms with Crippen LogP contribution in [0, 0.1) is 6.92 Å². The fourth-order valence-corrected chi connectivity index (χ4v) is 2.38. The van der Waals surface area contributed by atoms with Crippen molar-refractivity contribution in [2.24, 2.45) is 7.05 Å². The van der Waals surface area contributed by atoms with E-state index < -0.39 is 0 Å². The molecule has 0 radical (unpaired) electrons. The molecule has 16 heavy (non-hydrogen) atoms. The second-order valence-electron chi connectivity index (χ2n) is 3.54. The fourth-order valence-electron chi connectivity index (χ4n) is 1.39. The maximum atomic E-state index is 9.43. The van der Waals surface area contributed by atoms with Crippen LogP contribution in [0.4, 0.5) is 0 Å². The highest BCUT2D eigenvalue weighted by Gasteiger charge is 2.03. The van der Waals surface area contributed by atoms with Gasteiger partial charge in [0.05, 0.1) is 0 Å². The molecule has 0 aliphatic carbocycles. The molecule has 0 saturated carbocycles. The van der Waals surface area contributed by atoms with Gasteiger partial charge in [-0.15, -0.1) is 0 Å². The van der Waals surface area contributed by atoms with Gasteiger partial charge in [-0.25, -0.2) is 4.98 Å². The average Bonchev–Trinajstić information content (AvgIpc) is 2.59. The standard InChI is InChI=1S/C11H13N3OS/c1-8-5-10(15)6-11(13-8)16-7-9-3-4-12-14(9)2/h3-6H,7H2,1-2H3,(H,13,15). The van der Waals surface area contributed by atoms with Gasteiger partial charge in [0.2, 0.25) is 0 Å². The van der Waals surface area contributed by atoms with Crippen molar-refractivity contribution in [3.8, 4) is 5.75 Å². The number of rotatable bonds is 3. The average molecular weight is 235 g/mol. The van der Waals surface area contributed by atoms with Gasteiger partial charge in [-0.05, 0) is 13.0 Å². The molecule has 0 aliphatic rings. The van der Waals surface area contributed by atoms with Gasteiger partial charge < -0.3 is 5.11 Å². The highest BCUT2D eigenvalue weighted by Crippen LogP contribution is 2.24. The molecule has 2 aromatic heterocycles. The highest BCUT2D eigenvalue weighted by atomic mass is 32.2.